The summed E-state index contributed by atoms with van der Waals surface area (Å²) in [6, 6.07) is 3.49. The van der Waals surface area contributed by atoms with Crippen molar-refractivity contribution in [3.05, 3.63) is 29.7 Å². The average molecular weight is 400 g/mol. The van der Waals surface area contributed by atoms with Gasteiger partial charge in [-0.05, 0) is 69.1 Å². The average Bonchev–Trinajstić information content (AvgIpc) is 3.05. The van der Waals surface area contributed by atoms with Gasteiger partial charge in [-0.15, -0.1) is 0 Å². The molecule has 2 saturated carbocycles. The molecule has 1 amide bonds. The molecular weight excluding hydrogens is 371 g/mol. The van der Waals surface area contributed by atoms with E-state index in [-0.39, 0.29) is 29.2 Å². The third kappa shape index (κ3) is 2.57. The molecule has 156 valence electrons. The number of carbonyl (C=O) groups is 1. The Morgan fingerprint density at radius 3 is 2.52 bits per heavy atom. The van der Waals surface area contributed by atoms with Crippen molar-refractivity contribution < 1.29 is 19.0 Å². The van der Waals surface area contributed by atoms with Crippen LogP contribution in [-0.2, 0) is 10.2 Å². The number of H-pyrrole nitrogens is 1. The van der Waals surface area contributed by atoms with Gasteiger partial charge in [0.15, 0.2) is 11.6 Å². The number of fused-ring (bicyclic) bond motifs is 1. The second-order valence-corrected chi connectivity index (χ2v) is 10.4. The number of benzene rings is 1. The normalized spacial score (nSPS) is 33.5. The van der Waals surface area contributed by atoms with Crippen LogP contribution in [0.2, 0.25) is 0 Å². The summed E-state index contributed by atoms with van der Waals surface area (Å²) in [5.41, 5.74) is -0.123. The van der Waals surface area contributed by atoms with E-state index in [0.717, 1.165) is 19.3 Å². The van der Waals surface area contributed by atoms with Gasteiger partial charge in [-0.1, -0.05) is 6.92 Å². The largest absolute Gasteiger partial charge is 0.494 e. The molecule has 4 bridgehead atoms. The van der Waals surface area contributed by atoms with Gasteiger partial charge in [0, 0.05) is 29.2 Å². The van der Waals surface area contributed by atoms with E-state index in [0.29, 0.717) is 29.3 Å². The fourth-order valence-electron chi connectivity index (χ4n) is 6.68. The monoisotopic (exact) mass is 400 g/mol. The molecule has 4 aliphatic rings. The molecule has 2 aliphatic carbocycles. The molecule has 1 aromatic carbocycles. The molecule has 0 radical (unpaired) electrons. The number of methoxy groups -OCH3 is 1. The van der Waals surface area contributed by atoms with Crippen molar-refractivity contribution in [3.8, 4) is 5.75 Å². The molecule has 2 aromatic rings. The Balaban J connectivity index is 1.55. The minimum absolute atomic E-state index is 0.0154. The van der Waals surface area contributed by atoms with Crippen LogP contribution in [0, 0.1) is 11.2 Å². The highest BCUT2D eigenvalue weighted by atomic mass is 19.1. The van der Waals surface area contributed by atoms with E-state index in [1.807, 2.05) is 18.7 Å². The topological polar surface area (TPSA) is 65.6 Å². The molecule has 6 rings (SSSR count). The summed E-state index contributed by atoms with van der Waals surface area (Å²) < 4.78 is 20.2. The zero-order valence-corrected chi connectivity index (χ0v) is 17.5. The third-order valence-electron chi connectivity index (χ3n) is 7.64. The number of carbonyl (C=O) groups excluding carboxylic acids is 1. The lowest BCUT2D eigenvalue weighted by atomic mass is 9.54. The molecule has 1 aromatic heterocycles. The van der Waals surface area contributed by atoms with E-state index in [2.05, 4.69) is 11.9 Å². The molecule has 2 atom stereocenters. The minimum Gasteiger partial charge on any atom is -0.494 e. The number of hydrogen-bond donors (Lipinski definition) is 2. The lowest BCUT2D eigenvalue weighted by molar-refractivity contribution is -0.195. The van der Waals surface area contributed by atoms with Crippen molar-refractivity contribution in [2.24, 2.45) is 5.41 Å². The quantitative estimate of drug-likeness (QED) is 0.822. The van der Waals surface area contributed by atoms with E-state index in [9.17, 15) is 9.90 Å². The Morgan fingerprint density at radius 2 is 1.93 bits per heavy atom. The van der Waals surface area contributed by atoms with Gasteiger partial charge in [0.1, 0.15) is 0 Å². The standard InChI is InChI=1S/C23H29FN2O3/c1-21(2,15-11-25-16-5-6-17(29-4)19(24)18(15)16)20(27)26-13-7-22(3)8-14(26)10-23(28,9-13)12-22/h5-6,11,13-14,25,28H,7-10,12H2,1-4H3. The first-order valence-electron chi connectivity index (χ1n) is 10.5. The summed E-state index contributed by atoms with van der Waals surface area (Å²) in [6.45, 7) is 5.99. The van der Waals surface area contributed by atoms with E-state index >= 15 is 4.39 Å². The van der Waals surface area contributed by atoms with E-state index < -0.39 is 16.8 Å². The van der Waals surface area contributed by atoms with Crippen LogP contribution in [0.3, 0.4) is 0 Å². The van der Waals surface area contributed by atoms with Crippen molar-refractivity contribution in [2.45, 2.75) is 76.0 Å². The summed E-state index contributed by atoms with van der Waals surface area (Å²) >= 11 is 0. The predicted molar refractivity (Wildman–Crippen MR) is 108 cm³/mol. The summed E-state index contributed by atoms with van der Waals surface area (Å²) in [5.74, 6) is -0.252. The van der Waals surface area contributed by atoms with Crippen LogP contribution in [0.4, 0.5) is 4.39 Å². The van der Waals surface area contributed by atoms with Crippen molar-refractivity contribution >= 4 is 16.8 Å². The van der Waals surface area contributed by atoms with Crippen LogP contribution in [0.25, 0.3) is 10.9 Å². The van der Waals surface area contributed by atoms with Crippen LogP contribution in [-0.4, -0.2) is 45.7 Å². The van der Waals surface area contributed by atoms with E-state index in [1.54, 1.807) is 18.3 Å². The van der Waals surface area contributed by atoms with Gasteiger partial charge in [0.2, 0.25) is 5.91 Å². The zero-order chi connectivity index (χ0) is 20.8. The molecule has 3 heterocycles. The van der Waals surface area contributed by atoms with Crippen molar-refractivity contribution in [2.75, 3.05) is 7.11 Å². The summed E-state index contributed by atoms with van der Waals surface area (Å²) in [6.07, 6.45) is 5.75. The van der Waals surface area contributed by atoms with Crippen LogP contribution < -0.4 is 4.74 Å². The Hall–Kier alpha value is -2.08. The number of ether oxygens (including phenoxy) is 1. The van der Waals surface area contributed by atoms with Crippen LogP contribution in [0.5, 0.6) is 5.75 Å². The maximum atomic E-state index is 15.1. The lowest BCUT2D eigenvalue weighted by Gasteiger charge is -2.64. The van der Waals surface area contributed by atoms with Crippen molar-refractivity contribution in [3.63, 3.8) is 0 Å². The number of piperidine rings is 2. The Kier molecular flexibility index (Phi) is 3.75. The maximum absolute atomic E-state index is 15.1. The Bertz CT molecular complexity index is 975. The predicted octanol–water partition coefficient (Wildman–Crippen LogP) is 3.89. The molecule has 0 spiro atoms. The molecule has 29 heavy (non-hydrogen) atoms. The number of aliphatic hydroxyl groups is 1. The van der Waals surface area contributed by atoms with Crippen LogP contribution in [0.1, 0.15) is 58.4 Å². The number of halogens is 1. The fourth-order valence-corrected chi connectivity index (χ4v) is 6.68. The number of aromatic amines is 1. The van der Waals surface area contributed by atoms with Gasteiger partial charge in [-0.2, -0.15) is 0 Å². The molecule has 4 fully saturated rings. The van der Waals surface area contributed by atoms with E-state index in [4.69, 9.17) is 4.74 Å². The smallest absolute Gasteiger partial charge is 0.233 e. The number of hydrogen-bond acceptors (Lipinski definition) is 3. The molecule has 2 unspecified atom stereocenters. The second-order valence-electron chi connectivity index (χ2n) is 10.4. The molecule has 2 saturated heterocycles. The highest BCUT2D eigenvalue weighted by Crippen LogP contribution is 2.58. The second kappa shape index (κ2) is 5.75. The summed E-state index contributed by atoms with van der Waals surface area (Å²) in [5, 5.41) is 11.4. The first-order chi connectivity index (χ1) is 13.6. The fraction of sp³-hybridized carbons (Fsp3) is 0.609. The molecular formula is C23H29FN2O3. The van der Waals surface area contributed by atoms with Gasteiger partial charge in [-0.25, -0.2) is 4.39 Å². The van der Waals surface area contributed by atoms with Gasteiger partial charge in [-0.3, -0.25) is 4.79 Å². The third-order valence-corrected chi connectivity index (χ3v) is 7.64. The SMILES string of the molecule is COc1ccc2[nH]cc(C(C)(C)C(=O)N3C4CC5(C)CC3CC(O)(C4)C5)c2c1F. The minimum atomic E-state index is -0.898. The number of nitrogens with zero attached hydrogens (tertiary/aromatic N) is 1. The summed E-state index contributed by atoms with van der Waals surface area (Å²) in [7, 11) is 1.44. The Morgan fingerprint density at radius 1 is 1.28 bits per heavy atom. The number of aromatic nitrogens is 1. The number of nitrogens with one attached hydrogen (secondary N) is 1. The molecule has 6 heteroatoms. The highest BCUT2D eigenvalue weighted by molar-refractivity contribution is 5.96. The number of amides is 1. The maximum Gasteiger partial charge on any atom is 0.233 e. The van der Waals surface area contributed by atoms with Crippen LogP contribution >= 0.6 is 0 Å². The molecule has 2 aliphatic heterocycles. The van der Waals surface area contributed by atoms with Gasteiger partial charge in [0.05, 0.1) is 18.1 Å². The summed E-state index contributed by atoms with van der Waals surface area (Å²) in [4.78, 5) is 19.0. The highest BCUT2D eigenvalue weighted by Gasteiger charge is 2.60. The van der Waals surface area contributed by atoms with Crippen molar-refractivity contribution in [1.29, 1.82) is 0 Å². The first kappa shape index (κ1) is 18.9. The molecule has 5 nitrogen and oxygen atoms in total. The van der Waals surface area contributed by atoms with Gasteiger partial charge >= 0.3 is 0 Å². The first-order valence-corrected chi connectivity index (χ1v) is 10.5. The number of rotatable bonds is 3. The zero-order valence-electron chi connectivity index (χ0n) is 17.5. The molecule has 2 N–H and O–H groups in total. The van der Waals surface area contributed by atoms with Crippen molar-refractivity contribution in [1.82, 2.24) is 9.88 Å². The lowest BCUT2D eigenvalue weighted by Crippen LogP contribution is -2.69. The van der Waals surface area contributed by atoms with Gasteiger partial charge in [0.25, 0.3) is 0 Å². The van der Waals surface area contributed by atoms with Crippen LogP contribution in [0.15, 0.2) is 18.3 Å². The Labute approximate surface area is 170 Å². The van der Waals surface area contributed by atoms with E-state index in [1.165, 1.54) is 7.11 Å². The van der Waals surface area contributed by atoms with Gasteiger partial charge < -0.3 is 19.7 Å².